The third-order valence-corrected chi connectivity index (χ3v) is 4.47. The molecule has 8 nitrogen and oxygen atoms in total. The quantitative estimate of drug-likeness (QED) is 0.476. The van der Waals surface area contributed by atoms with Gasteiger partial charge in [0.05, 0.1) is 13.7 Å². The summed E-state index contributed by atoms with van der Waals surface area (Å²) in [6.45, 7) is 3.86. The van der Waals surface area contributed by atoms with Crippen molar-refractivity contribution in [2.45, 2.75) is 32.4 Å². The van der Waals surface area contributed by atoms with Crippen molar-refractivity contribution in [1.29, 1.82) is 0 Å². The molecule has 1 aliphatic heterocycles. The molecule has 1 unspecified atom stereocenters. The van der Waals surface area contributed by atoms with Crippen molar-refractivity contribution >= 4 is 17.8 Å². The maximum absolute atomic E-state index is 12.0. The van der Waals surface area contributed by atoms with E-state index in [0.29, 0.717) is 25.5 Å². The molecule has 0 saturated carbocycles. The number of amides is 2. The van der Waals surface area contributed by atoms with Gasteiger partial charge in [-0.1, -0.05) is 19.1 Å². The number of hydrogen-bond donors (Lipinski definition) is 3. The van der Waals surface area contributed by atoms with Crippen LogP contribution in [-0.2, 0) is 16.1 Å². The van der Waals surface area contributed by atoms with Gasteiger partial charge in [-0.15, -0.1) is 0 Å². The molecule has 1 fully saturated rings. The summed E-state index contributed by atoms with van der Waals surface area (Å²) in [7, 11) is 3.28. The number of carbonyl (C=O) groups is 2. The standard InChI is InChI=1S/C19H29N5O3/c1-4-18(26)24-10-9-15(13-24)23-19(20-2)22-12-17(25)21-11-14-5-7-16(27-3)8-6-14/h5-8,15H,4,9-13H2,1-3H3,(H,21,25)(H2,20,22,23). The normalized spacial score (nSPS) is 16.8. The van der Waals surface area contributed by atoms with Gasteiger partial charge in [0.2, 0.25) is 11.8 Å². The smallest absolute Gasteiger partial charge is 0.239 e. The molecule has 1 aliphatic rings. The van der Waals surface area contributed by atoms with Crippen molar-refractivity contribution in [2.24, 2.45) is 4.99 Å². The maximum Gasteiger partial charge on any atom is 0.239 e. The molecule has 0 radical (unpaired) electrons. The number of nitrogens with zero attached hydrogens (tertiary/aromatic N) is 2. The summed E-state index contributed by atoms with van der Waals surface area (Å²) in [5, 5.41) is 9.14. The van der Waals surface area contributed by atoms with Gasteiger partial charge in [-0.25, -0.2) is 0 Å². The molecule has 0 bridgehead atoms. The Kier molecular flexibility index (Phi) is 7.91. The molecule has 148 valence electrons. The SMILES string of the molecule is CCC(=O)N1CCC(NC(=NC)NCC(=O)NCc2ccc(OC)cc2)C1. The topological polar surface area (TPSA) is 95.1 Å². The number of methoxy groups -OCH3 is 1. The number of likely N-dealkylation sites (tertiary alicyclic amines) is 1. The zero-order valence-electron chi connectivity index (χ0n) is 16.2. The van der Waals surface area contributed by atoms with Crippen LogP contribution in [0.1, 0.15) is 25.3 Å². The van der Waals surface area contributed by atoms with Crippen molar-refractivity contribution in [2.75, 3.05) is 33.8 Å². The molecule has 27 heavy (non-hydrogen) atoms. The van der Waals surface area contributed by atoms with Gasteiger partial charge in [-0.2, -0.15) is 0 Å². The lowest BCUT2D eigenvalue weighted by molar-refractivity contribution is -0.129. The molecule has 0 aliphatic carbocycles. The van der Waals surface area contributed by atoms with Crippen LogP contribution in [0.15, 0.2) is 29.3 Å². The molecule has 3 N–H and O–H groups in total. The zero-order chi connectivity index (χ0) is 19.6. The average Bonchev–Trinajstić information content (AvgIpc) is 3.17. The Bertz CT molecular complexity index is 660. The van der Waals surface area contributed by atoms with E-state index < -0.39 is 0 Å². The number of rotatable bonds is 7. The van der Waals surface area contributed by atoms with E-state index in [1.165, 1.54) is 0 Å². The van der Waals surface area contributed by atoms with Gasteiger partial charge in [0.25, 0.3) is 0 Å². The second-order valence-electron chi connectivity index (χ2n) is 6.37. The van der Waals surface area contributed by atoms with E-state index in [9.17, 15) is 9.59 Å². The predicted molar refractivity (Wildman–Crippen MR) is 105 cm³/mol. The van der Waals surface area contributed by atoms with Crippen LogP contribution < -0.4 is 20.7 Å². The fraction of sp³-hybridized carbons (Fsp3) is 0.526. The van der Waals surface area contributed by atoms with Crippen LogP contribution in [0, 0.1) is 0 Å². The first kappa shape index (κ1) is 20.5. The highest BCUT2D eigenvalue weighted by atomic mass is 16.5. The van der Waals surface area contributed by atoms with Crippen LogP contribution >= 0.6 is 0 Å². The lowest BCUT2D eigenvalue weighted by Gasteiger charge is -2.18. The molecule has 1 aromatic rings. The monoisotopic (exact) mass is 375 g/mol. The highest BCUT2D eigenvalue weighted by Gasteiger charge is 2.25. The Hall–Kier alpha value is -2.77. The number of aliphatic imine (C=N–C) groups is 1. The Morgan fingerprint density at radius 1 is 1.26 bits per heavy atom. The van der Waals surface area contributed by atoms with E-state index in [1.54, 1.807) is 14.2 Å². The Balaban J connectivity index is 1.70. The third-order valence-electron chi connectivity index (χ3n) is 4.47. The molecule has 2 amide bonds. The van der Waals surface area contributed by atoms with Gasteiger partial charge < -0.3 is 25.6 Å². The number of hydrogen-bond acceptors (Lipinski definition) is 4. The molecule has 1 heterocycles. The van der Waals surface area contributed by atoms with E-state index in [-0.39, 0.29) is 24.4 Å². The number of nitrogens with one attached hydrogen (secondary N) is 3. The van der Waals surface area contributed by atoms with E-state index in [1.807, 2.05) is 36.1 Å². The lowest BCUT2D eigenvalue weighted by Crippen LogP contribution is -2.47. The first-order chi connectivity index (χ1) is 13.0. The lowest BCUT2D eigenvalue weighted by atomic mass is 10.2. The summed E-state index contributed by atoms with van der Waals surface area (Å²) in [5.74, 6) is 1.39. The summed E-state index contributed by atoms with van der Waals surface area (Å²) in [6.07, 6.45) is 1.39. The van der Waals surface area contributed by atoms with Gasteiger partial charge in [-0.3, -0.25) is 14.6 Å². The molecule has 2 rings (SSSR count). The third kappa shape index (κ3) is 6.47. The molecule has 8 heteroatoms. The van der Waals surface area contributed by atoms with E-state index in [0.717, 1.165) is 24.3 Å². The van der Waals surface area contributed by atoms with E-state index in [2.05, 4.69) is 20.9 Å². The van der Waals surface area contributed by atoms with Crippen LogP contribution in [-0.4, -0.2) is 62.5 Å². The first-order valence-corrected chi connectivity index (χ1v) is 9.20. The molecule has 1 saturated heterocycles. The summed E-state index contributed by atoms with van der Waals surface area (Å²) in [5.41, 5.74) is 0.998. The van der Waals surface area contributed by atoms with Crippen LogP contribution in [0.5, 0.6) is 5.75 Å². The molecular formula is C19H29N5O3. The van der Waals surface area contributed by atoms with Crippen molar-refractivity contribution in [1.82, 2.24) is 20.9 Å². The number of carbonyl (C=O) groups excluding carboxylic acids is 2. The second kappa shape index (κ2) is 10.4. The van der Waals surface area contributed by atoms with Gasteiger partial charge in [-0.05, 0) is 24.1 Å². The molecule has 0 spiro atoms. The highest BCUT2D eigenvalue weighted by molar-refractivity contribution is 5.86. The Morgan fingerprint density at radius 2 is 2.00 bits per heavy atom. The average molecular weight is 375 g/mol. The minimum atomic E-state index is -0.122. The zero-order valence-corrected chi connectivity index (χ0v) is 16.2. The molecule has 1 aromatic carbocycles. The summed E-state index contributed by atoms with van der Waals surface area (Å²) in [4.78, 5) is 29.8. The van der Waals surface area contributed by atoms with E-state index >= 15 is 0 Å². The van der Waals surface area contributed by atoms with Crippen molar-refractivity contribution in [3.05, 3.63) is 29.8 Å². The molecule has 0 aromatic heterocycles. The van der Waals surface area contributed by atoms with Crippen LogP contribution in [0.4, 0.5) is 0 Å². The van der Waals surface area contributed by atoms with Gasteiger partial charge >= 0.3 is 0 Å². The Labute approximate surface area is 160 Å². The fourth-order valence-electron chi connectivity index (χ4n) is 2.89. The number of benzene rings is 1. The maximum atomic E-state index is 12.0. The first-order valence-electron chi connectivity index (χ1n) is 9.20. The minimum Gasteiger partial charge on any atom is -0.497 e. The molecule has 1 atom stereocenters. The van der Waals surface area contributed by atoms with Crippen LogP contribution in [0.3, 0.4) is 0 Å². The summed E-state index contributed by atoms with van der Waals surface area (Å²) in [6, 6.07) is 7.70. The predicted octanol–water partition coefficient (Wildman–Crippen LogP) is 0.487. The van der Waals surface area contributed by atoms with Gasteiger partial charge in [0.1, 0.15) is 5.75 Å². The van der Waals surface area contributed by atoms with Crippen molar-refractivity contribution in [3.8, 4) is 5.75 Å². The number of guanidine groups is 1. The second-order valence-corrected chi connectivity index (χ2v) is 6.37. The van der Waals surface area contributed by atoms with Crippen molar-refractivity contribution in [3.63, 3.8) is 0 Å². The fourth-order valence-corrected chi connectivity index (χ4v) is 2.89. The summed E-state index contributed by atoms with van der Waals surface area (Å²) >= 11 is 0. The summed E-state index contributed by atoms with van der Waals surface area (Å²) < 4.78 is 5.11. The van der Waals surface area contributed by atoms with Gasteiger partial charge in [0, 0.05) is 39.1 Å². The van der Waals surface area contributed by atoms with Crippen LogP contribution in [0.25, 0.3) is 0 Å². The minimum absolute atomic E-state index is 0.122. The van der Waals surface area contributed by atoms with E-state index in [4.69, 9.17) is 4.74 Å². The Morgan fingerprint density at radius 3 is 2.63 bits per heavy atom. The number of ether oxygens (including phenoxy) is 1. The largest absolute Gasteiger partial charge is 0.497 e. The highest BCUT2D eigenvalue weighted by Crippen LogP contribution is 2.11. The van der Waals surface area contributed by atoms with Crippen LogP contribution in [0.2, 0.25) is 0 Å². The van der Waals surface area contributed by atoms with Crippen molar-refractivity contribution < 1.29 is 14.3 Å². The molecular weight excluding hydrogens is 346 g/mol. The van der Waals surface area contributed by atoms with Gasteiger partial charge in [0.15, 0.2) is 5.96 Å².